The average molecular weight is 642 g/mol. The summed E-state index contributed by atoms with van der Waals surface area (Å²) in [5, 5.41) is 0. The van der Waals surface area contributed by atoms with Gasteiger partial charge >= 0.3 is 0 Å². The molecule has 2 saturated heterocycles. The van der Waals surface area contributed by atoms with E-state index in [4.69, 9.17) is 22.1 Å². The van der Waals surface area contributed by atoms with Crippen LogP contribution in [0.2, 0.25) is 0 Å². The Morgan fingerprint density at radius 1 is 1.11 bits per heavy atom. The van der Waals surface area contributed by atoms with Crippen LogP contribution in [0, 0.1) is 30.6 Å². The summed E-state index contributed by atoms with van der Waals surface area (Å²) in [7, 11) is 6.00. The summed E-state index contributed by atoms with van der Waals surface area (Å²) in [6.07, 6.45) is 1.54. The van der Waals surface area contributed by atoms with Crippen molar-refractivity contribution in [2.24, 2.45) is 23.7 Å². The molecule has 0 aromatic rings. The summed E-state index contributed by atoms with van der Waals surface area (Å²) < 4.78 is 27.5. The second-order valence-electron chi connectivity index (χ2n) is 8.03. The zero-order valence-corrected chi connectivity index (χ0v) is 24.5. The molecule has 3 radical (unpaired) electrons. The molecule has 0 N–H and O–H groups in total. The van der Waals surface area contributed by atoms with Crippen molar-refractivity contribution in [3.63, 3.8) is 0 Å². The van der Waals surface area contributed by atoms with E-state index in [0.717, 1.165) is 0 Å². The zero-order chi connectivity index (χ0) is 19.3. The first-order chi connectivity index (χ1) is 11.6. The topological polar surface area (TPSA) is 44.8 Å². The quantitative estimate of drug-likeness (QED) is 0.258. The van der Waals surface area contributed by atoms with E-state index in [1.807, 2.05) is 13.8 Å². The maximum absolute atomic E-state index is 10.6. The summed E-state index contributed by atoms with van der Waals surface area (Å²) in [5.41, 5.74) is 0. The Balaban J connectivity index is 0. The van der Waals surface area contributed by atoms with Gasteiger partial charge in [-0.05, 0) is 38.7 Å². The molecule has 2 heterocycles. The third-order valence-corrected chi connectivity index (χ3v) is 5.89. The molecule has 2 aliphatic heterocycles. The van der Waals surface area contributed by atoms with E-state index in [0.29, 0.717) is 29.8 Å². The smallest absolute Gasteiger partial charge is 0.155 e. The van der Waals surface area contributed by atoms with Crippen molar-refractivity contribution in [2.45, 2.75) is 85.0 Å². The Bertz CT molecular complexity index is 419. The predicted molar refractivity (Wildman–Crippen MR) is 103 cm³/mol. The van der Waals surface area contributed by atoms with Crippen LogP contribution in [-0.2, 0) is 72.6 Å². The van der Waals surface area contributed by atoms with Crippen molar-refractivity contribution in [1.82, 2.24) is 0 Å². The molecule has 4 nitrogen and oxygen atoms in total. The van der Waals surface area contributed by atoms with E-state index in [-0.39, 0.29) is 98.8 Å². The van der Waals surface area contributed by atoms with Crippen molar-refractivity contribution in [1.29, 1.82) is 0 Å². The Morgan fingerprint density at radius 3 is 2.04 bits per heavy atom. The molecule has 0 amide bonds. The fourth-order valence-electron chi connectivity index (χ4n) is 3.57. The molecule has 0 saturated carbocycles. The predicted octanol–water partition coefficient (Wildman–Crippen LogP) is 4.11. The van der Waals surface area contributed by atoms with Crippen molar-refractivity contribution in [3.05, 3.63) is 6.92 Å². The fourth-order valence-corrected chi connectivity index (χ4v) is 4.28. The molecule has 2 aliphatic rings. The molecule has 8 heteroatoms. The van der Waals surface area contributed by atoms with Gasteiger partial charge in [0.2, 0.25) is 0 Å². The van der Waals surface area contributed by atoms with Gasteiger partial charge in [-0.3, -0.25) is 4.57 Å². The fraction of sp³-hybridized carbons (Fsp3) is 0.947. The third-order valence-electron chi connectivity index (χ3n) is 5.32. The largest absolute Gasteiger partial charge is 0.404 e. The molecule has 0 aliphatic carbocycles. The van der Waals surface area contributed by atoms with Gasteiger partial charge in [0.15, 0.2) is 8.46 Å². The van der Waals surface area contributed by atoms with Crippen LogP contribution in [0.5, 0.6) is 0 Å². The van der Waals surface area contributed by atoms with Gasteiger partial charge in [0, 0.05) is 77.8 Å². The van der Waals surface area contributed by atoms with Crippen molar-refractivity contribution in [2.75, 3.05) is 6.16 Å². The van der Waals surface area contributed by atoms with E-state index in [9.17, 15) is 4.57 Å². The molecule has 0 bridgehead atoms. The molecule has 2 rings (SSSR count). The minimum atomic E-state index is -0.181. The molecular weight excluding hydrogens is 607 g/mol. The van der Waals surface area contributed by atoms with E-state index in [2.05, 4.69) is 41.5 Å². The molecule has 8 atom stereocenters. The first-order valence-corrected chi connectivity index (χ1v) is 10.4. The molecule has 0 aromatic heterocycles. The first kappa shape index (κ1) is 31.0. The summed E-state index contributed by atoms with van der Waals surface area (Å²) in [4.78, 5) is 0. The number of hydrogen-bond acceptors (Lipinski definition) is 4. The molecule has 0 spiro atoms. The van der Waals surface area contributed by atoms with Crippen LogP contribution < -0.4 is 0 Å². The van der Waals surface area contributed by atoms with Crippen LogP contribution in [-0.4, -0.2) is 50.5 Å². The second-order valence-corrected chi connectivity index (χ2v) is 8.66. The Labute approximate surface area is 209 Å². The monoisotopic (exact) mass is 642 g/mol. The molecule has 2 fully saturated rings. The summed E-state index contributed by atoms with van der Waals surface area (Å²) in [5.74, 6) is 1.56. The van der Waals surface area contributed by atoms with E-state index >= 15 is 0 Å². The van der Waals surface area contributed by atoms with Crippen LogP contribution in [0.3, 0.4) is 0 Å². The second kappa shape index (κ2) is 14.8. The Kier molecular flexibility index (Phi) is 17.0. The summed E-state index contributed by atoms with van der Waals surface area (Å²) in [6.45, 7) is 18.5. The van der Waals surface area contributed by atoms with Crippen molar-refractivity contribution >= 4 is 16.3 Å². The van der Waals surface area contributed by atoms with Crippen LogP contribution in [0.15, 0.2) is 0 Å². The van der Waals surface area contributed by atoms with Gasteiger partial charge in [-0.1, -0.05) is 27.7 Å². The molecule has 153 valence electrons. The van der Waals surface area contributed by atoms with Gasteiger partial charge in [0.05, 0.1) is 24.4 Å². The van der Waals surface area contributed by atoms with Crippen LogP contribution in [0.25, 0.3) is 0 Å². The Hall–Kier alpha value is 1.84. The van der Waals surface area contributed by atoms with Crippen molar-refractivity contribution in [3.8, 4) is 0 Å². The minimum Gasteiger partial charge on any atom is -0.404 e. The van der Waals surface area contributed by atoms with E-state index < -0.39 is 0 Å². The maximum atomic E-state index is 10.6. The molecule has 0 aromatic carbocycles. The van der Waals surface area contributed by atoms with Gasteiger partial charge in [-0.2, -0.15) is 0 Å². The van der Waals surface area contributed by atoms with Gasteiger partial charge in [-0.25, -0.2) is 0 Å². The summed E-state index contributed by atoms with van der Waals surface area (Å²) in [6, 6.07) is -0.181. The molecular formula is C19H35BO4PWY-. The Morgan fingerprint density at radius 2 is 1.67 bits per heavy atom. The van der Waals surface area contributed by atoms with Crippen molar-refractivity contribution < 1.29 is 72.6 Å². The zero-order valence-electron chi connectivity index (χ0n) is 17.8. The first-order valence-electron chi connectivity index (χ1n) is 9.44. The molecule has 27 heavy (non-hydrogen) atoms. The van der Waals surface area contributed by atoms with Gasteiger partial charge in [0.1, 0.15) is 7.85 Å². The van der Waals surface area contributed by atoms with Gasteiger partial charge in [0.25, 0.3) is 0 Å². The number of hydrogen-bond donors (Lipinski definition) is 0. The van der Waals surface area contributed by atoms with Gasteiger partial charge in [-0.15, -0.1) is 0 Å². The van der Waals surface area contributed by atoms with Crippen LogP contribution >= 0.6 is 8.46 Å². The number of ether oxygens (including phenoxy) is 3. The maximum Gasteiger partial charge on any atom is 0.155 e. The SMILES string of the molecule is [B][C@@H]1O[C@H](C(C)C)[C@H](CP=O)C1C.[CH2-][C@H]1O[C@@H](C)C(C)[C@H]1OC(C)C.[W].[Y]. The van der Waals surface area contributed by atoms with Crippen LogP contribution in [0.1, 0.15) is 48.5 Å². The van der Waals surface area contributed by atoms with Gasteiger partial charge < -0.3 is 21.1 Å². The number of rotatable bonds is 5. The van der Waals surface area contributed by atoms with E-state index in [1.165, 1.54) is 0 Å². The van der Waals surface area contributed by atoms with Crippen LogP contribution in [0.4, 0.5) is 0 Å². The molecule has 2 unspecified atom stereocenters. The normalized spacial score (nSPS) is 38.3. The minimum absolute atomic E-state index is 0. The third kappa shape index (κ3) is 9.24. The average Bonchev–Trinajstić information content (AvgIpc) is 2.93. The van der Waals surface area contributed by atoms with E-state index in [1.54, 1.807) is 0 Å². The summed E-state index contributed by atoms with van der Waals surface area (Å²) >= 11 is 0. The standard InChI is InChI=1S/C10H19O2.C9H16BO2P.W.Y/c1-6(2)11-10-7(3)8(4)12-9(10)5;1-5(2)8-7(4-13-11)6(3)9(10)12-8;;/h6-10H,5H2,1-4H3;5-9H,4H2,1-3H3;;/q-1;;;/t7?,8-,9+,10+;6?,7-,8-,9-;;/m01../s1.